The molecule has 1 aromatic rings. The number of nitrogens with two attached hydrogens (primary N) is 1. The van der Waals surface area contributed by atoms with Gasteiger partial charge < -0.3 is 20.6 Å². The van der Waals surface area contributed by atoms with E-state index in [1.165, 1.54) is 0 Å². The second-order valence-electron chi connectivity index (χ2n) is 5.71. The third-order valence-corrected chi connectivity index (χ3v) is 3.93. The number of hydrogen-bond acceptors (Lipinski definition) is 4. The Kier molecular flexibility index (Phi) is 4.18. The zero-order valence-electron chi connectivity index (χ0n) is 12.3. The molecule has 0 bridgehead atoms. The minimum Gasteiger partial charge on any atom is -0.399 e. The maximum Gasteiger partial charge on any atom is 0.256 e. The number of likely N-dealkylation sites (tertiary alicyclic amines) is 1. The fraction of sp³-hybridized carbons (Fsp3) is 0.533. The predicted octanol–water partition coefficient (Wildman–Crippen LogP) is 1.18. The van der Waals surface area contributed by atoms with Crippen LogP contribution >= 0.6 is 0 Å². The second-order valence-corrected chi connectivity index (χ2v) is 5.71. The van der Waals surface area contributed by atoms with Crippen molar-refractivity contribution >= 4 is 17.3 Å². The summed E-state index contributed by atoms with van der Waals surface area (Å²) >= 11 is 0. The van der Waals surface area contributed by atoms with Crippen LogP contribution in [-0.4, -0.2) is 49.2 Å². The average Bonchev–Trinajstić information content (AvgIpc) is 2.87. The minimum absolute atomic E-state index is 0.0100. The molecule has 110 valence electrons. The van der Waals surface area contributed by atoms with Crippen LogP contribution in [0.3, 0.4) is 0 Å². The molecule has 5 nitrogen and oxygen atoms in total. The van der Waals surface area contributed by atoms with Crippen molar-refractivity contribution in [1.82, 2.24) is 4.90 Å². The highest BCUT2D eigenvalue weighted by Gasteiger charge is 2.30. The summed E-state index contributed by atoms with van der Waals surface area (Å²) in [4.78, 5) is 16.4. The number of aliphatic hydroxyl groups is 1. The Labute approximate surface area is 120 Å². The third kappa shape index (κ3) is 2.88. The number of benzene rings is 1. The van der Waals surface area contributed by atoms with E-state index in [1.54, 1.807) is 24.0 Å². The summed E-state index contributed by atoms with van der Waals surface area (Å²) in [7, 11) is 3.82. The van der Waals surface area contributed by atoms with Gasteiger partial charge in [-0.1, -0.05) is 0 Å². The molecule has 0 saturated carbocycles. The molecule has 0 radical (unpaired) electrons. The Balaban J connectivity index is 2.23. The Morgan fingerprint density at radius 3 is 2.75 bits per heavy atom. The monoisotopic (exact) mass is 277 g/mol. The minimum atomic E-state index is -0.373. The summed E-state index contributed by atoms with van der Waals surface area (Å²) in [6.45, 7) is 3.08. The molecule has 1 heterocycles. The van der Waals surface area contributed by atoms with E-state index in [2.05, 4.69) is 0 Å². The molecule has 1 fully saturated rings. The number of amides is 1. The molecule has 1 saturated heterocycles. The highest BCUT2D eigenvalue weighted by molar-refractivity contribution is 6.00. The van der Waals surface area contributed by atoms with Gasteiger partial charge in [0.05, 0.1) is 11.7 Å². The molecule has 20 heavy (non-hydrogen) atoms. The topological polar surface area (TPSA) is 69.8 Å². The number of carbonyl (C=O) groups is 1. The van der Waals surface area contributed by atoms with Crippen LogP contribution in [0.25, 0.3) is 0 Å². The van der Waals surface area contributed by atoms with E-state index < -0.39 is 0 Å². The summed E-state index contributed by atoms with van der Waals surface area (Å²) < 4.78 is 0. The van der Waals surface area contributed by atoms with Crippen LogP contribution in [0, 0.1) is 5.92 Å². The summed E-state index contributed by atoms with van der Waals surface area (Å²) in [5, 5.41) is 9.64. The Morgan fingerprint density at radius 1 is 1.50 bits per heavy atom. The van der Waals surface area contributed by atoms with E-state index >= 15 is 0 Å². The molecule has 5 heteroatoms. The van der Waals surface area contributed by atoms with Crippen molar-refractivity contribution in [2.24, 2.45) is 5.92 Å². The van der Waals surface area contributed by atoms with Gasteiger partial charge in [0.15, 0.2) is 0 Å². The third-order valence-electron chi connectivity index (χ3n) is 3.93. The van der Waals surface area contributed by atoms with Gasteiger partial charge in [-0.05, 0) is 31.5 Å². The zero-order chi connectivity index (χ0) is 14.9. The van der Waals surface area contributed by atoms with E-state index in [0.717, 1.165) is 12.1 Å². The summed E-state index contributed by atoms with van der Waals surface area (Å²) in [5.41, 5.74) is 7.89. The van der Waals surface area contributed by atoms with Crippen molar-refractivity contribution in [2.45, 2.75) is 19.4 Å². The Bertz CT molecular complexity index is 500. The normalized spacial score (nSPS) is 20.0. The van der Waals surface area contributed by atoms with Crippen molar-refractivity contribution in [3.8, 4) is 0 Å². The fourth-order valence-electron chi connectivity index (χ4n) is 2.65. The molecule has 0 aromatic heterocycles. The highest BCUT2D eigenvalue weighted by Crippen LogP contribution is 2.27. The molecule has 1 amide bonds. The van der Waals surface area contributed by atoms with Gasteiger partial charge in [0.25, 0.3) is 5.91 Å². The van der Waals surface area contributed by atoms with Crippen LogP contribution in [0.5, 0.6) is 0 Å². The van der Waals surface area contributed by atoms with Gasteiger partial charge in [-0.3, -0.25) is 4.79 Å². The number of rotatable bonds is 3. The lowest BCUT2D eigenvalue weighted by atomic mass is 10.0. The SMILES string of the molecule is CC(O)C1CCN(C(=O)c2cc(N)ccc2N(C)C)C1. The molecule has 1 aliphatic heterocycles. The van der Waals surface area contributed by atoms with E-state index in [9.17, 15) is 9.90 Å². The first-order valence-electron chi connectivity index (χ1n) is 6.94. The zero-order valence-corrected chi connectivity index (χ0v) is 12.3. The average molecular weight is 277 g/mol. The Morgan fingerprint density at radius 2 is 2.20 bits per heavy atom. The molecule has 0 aliphatic carbocycles. The van der Waals surface area contributed by atoms with Crippen LogP contribution in [0.2, 0.25) is 0 Å². The molecular formula is C15H23N3O2. The second kappa shape index (κ2) is 5.71. The van der Waals surface area contributed by atoms with Gasteiger partial charge in [0.1, 0.15) is 0 Å². The summed E-state index contributed by atoms with van der Waals surface area (Å²) in [5.74, 6) is 0.159. The van der Waals surface area contributed by atoms with E-state index in [1.807, 2.05) is 25.1 Å². The van der Waals surface area contributed by atoms with Crippen molar-refractivity contribution in [3.05, 3.63) is 23.8 Å². The van der Waals surface area contributed by atoms with Crippen molar-refractivity contribution in [1.29, 1.82) is 0 Å². The van der Waals surface area contributed by atoms with Gasteiger partial charge in [-0.25, -0.2) is 0 Å². The molecule has 3 N–H and O–H groups in total. The summed E-state index contributed by atoms with van der Waals surface area (Å²) in [6, 6.07) is 5.40. The van der Waals surface area contributed by atoms with E-state index in [4.69, 9.17) is 5.73 Å². The predicted molar refractivity (Wildman–Crippen MR) is 80.9 cm³/mol. The Hall–Kier alpha value is -1.75. The lowest BCUT2D eigenvalue weighted by molar-refractivity contribution is 0.0763. The maximum absolute atomic E-state index is 12.7. The van der Waals surface area contributed by atoms with Crippen LogP contribution in [0.1, 0.15) is 23.7 Å². The van der Waals surface area contributed by atoms with Crippen molar-refractivity contribution in [2.75, 3.05) is 37.8 Å². The molecular weight excluding hydrogens is 254 g/mol. The molecule has 2 unspecified atom stereocenters. The van der Waals surface area contributed by atoms with Crippen LogP contribution in [-0.2, 0) is 0 Å². The highest BCUT2D eigenvalue weighted by atomic mass is 16.3. The number of hydrogen-bond donors (Lipinski definition) is 2. The van der Waals surface area contributed by atoms with Crippen LogP contribution < -0.4 is 10.6 Å². The molecule has 2 atom stereocenters. The van der Waals surface area contributed by atoms with Crippen LogP contribution in [0.15, 0.2) is 18.2 Å². The van der Waals surface area contributed by atoms with Gasteiger partial charge in [0, 0.05) is 44.5 Å². The summed E-state index contributed by atoms with van der Waals surface area (Å²) in [6.07, 6.45) is 0.477. The lowest BCUT2D eigenvalue weighted by Crippen LogP contribution is -2.31. The molecule has 0 spiro atoms. The fourth-order valence-corrected chi connectivity index (χ4v) is 2.65. The lowest BCUT2D eigenvalue weighted by Gasteiger charge is -2.22. The quantitative estimate of drug-likeness (QED) is 0.814. The van der Waals surface area contributed by atoms with Crippen molar-refractivity contribution < 1.29 is 9.90 Å². The first-order valence-corrected chi connectivity index (χ1v) is 6.94. The largest absolute Gasteiger partial charge is 0.399 e. The maximum atomic E-state index is 12.7. The first-order chi connectivity index (χ1) is 9.40. The standard InChI is InChI=1S/C15H23N3O2/c1-10(19)11-6-7-18(9-11)15(20)13-8-12(16)4-5-14(13)17(2)3/h4-5,8,10-11,19H,6-7,9,16H2,1-3H3. The van der Waals surface area contributed by atoms with Gasteiger partial charge in [-0.15, -0.1) is 0 Å². The van der Waals surface area contributed by atoms with E-state index in [-0.39, 0.29) is 17.9 Å². The van der Waals surface area contributed by atoms with Crippen LogP contribution in [0.4, 0.5) is 11.4 Å². The number of nitrogens with zero attached hydrogens (tertiary/aromatic N) is 2. The van der Waals surface area contributed by atoms with Crippen molar-refractivity contribution in [3.63, 3.8) is 0 Å². The van der Waals surface area contributed by atoms with E-state index in [0.29, 0.717) is 24.3 Å². The number of carbonyl (C=O) groups excluding carboxylic acids is 1. The number of nitrogen functional groups attached to an aromatic ring is 1. The smallest absolute Gasteiger partial charge is 0.256 e. The van der Waals surface area contributed by atoms with Gasteiger partial charge in [0.2, 0.25) is 0 Å². The molecule has 1 aliphatic rings. The van der Waals surface area contributed by atoms with Gasteiger partial charge in [-0.2, -0.15) is 0 Å². The number of aliphatic hydroxyl groups excluding tert-OH is 1. The first kappa shape index (κ1) is 14.7. The van der Waals surface area contributed by atoms with Gasteiger partial charge >= 0.3 is 0 Å². The number of anilines is 2. The molecule has 1 aromatic carbocycles. The molecule has 2 rings (SSSR count).